The second-order valence-corrected chi connectivity index (χ2v) is 4.74. The number of hydrogen-bond acceptors (Lipinski definition) is 4. The Morgan fingerprint density at radius 3 is 2.69 bits per heavy atom. The zero-order chi connectivity index (χ0) is 11.5. The van der Waals surface area contributed by atoms with Crippen LogP contribution in [0.1, 0.15) is 0 Å². The number of halogens is 2. The van der Waals surface area contributed by atoms with Gasteiger partial charge in [0.2, 0.25) is 0 Å². The SMILES string of the molecule is Nc1nc(Sc2ccccn2)c(Cl)cc1Cl. The van der Waals surface area contributed by atoms with Crippen LogP contribution >= 0.6 is 35.0 Å². The van der Waals surface area contributed by atoms with Crippen LogP contribution in [-0.4, -0.2) is 9.97 Å². The molecule has 0 amide bonds. The van der Waals surface area contributed by atoms with Crippen molar-refractivity contribution < 1.29 is 0 Å². The van der Waals surface area contributed by atoms with Crippen LogP contribution in [0, 0.1) is 0 Å². The molecular formula is C10H7Cl2N3S. The van der Waals surface area contributed by atoms with E-state index in [1.165, 1.54) is 11.8 Å². The molecule has 0 aliphatic carbocycles. The summed E-state index contributed by atoms with van der Waals surface area (Å²) in [5.41, 5.74) is 5.61. The van der Waals surface area contributed by atoms with E-state index in [0.29, 0.717) is 15.1 Å². The van der Waals surface area contributed by atoms with E-state index in [1.807, 2.05) is 18.2 Å². The number of aromatic nitrogens is 2. The van der Waals surface area contributed by atoms with E-state index in [9.17, 15) is 0 Å². The van der Waals surface area contributed by atoms with Gasteiger partial charge >= 0.3 is 0 Å². The smallest absolute Gasteiger partial charge is 0.143 e. The molecule has 6 heteroatoms. The third-order valence-electron chi connectivity index (χ3n) is 1.76. The normalized spacial score (nSPS) is 10.4. The molecule has 2 heterocycles. The average Bonchev–Trinajstić information content (AvgIpc) is 2.27. The predicted octanol–water partition coefficient (Wildman–Crippen LogP) is 3.52. The van der Waals surface area contributed by atoms with Gasteiger partial charge in [-0.3, -0.25) is 0 Å². The maximum absolute atomic E-state index is 6.00. The van der Waals surface area contributed by atoms with E-state index in [-0.39, 0.29) is 5.82 Å². The first-order valence-electron chi connectivity index (χ1n) is 4.37. The van der Waals surface area contributed by atoms with Crippen molar-refractivity contribution in [3.63, 3.8) is 0 Å². The maximum Gasteiger partial charge on any atom is 0.143 e. The number of nitrogens with two attached hydrogens (primary N) is 1. The lowest BCUT2D eigenvalue weighted by molar-refractivity contribution is 1.10. The van der Waals surface area contributed by atoms with Crippen molar-refractivity contribution in [1.29, 1.82) is 0 Å². The third-order valence-corrected chi connectivity index (χ3v) is 3.42. The minimum absolute atomic E-state index is 0.268. The topological polar surface area (TPSA) is 51.8 Å². The minimum atomic E-state index is 0.268. The van der Waals surface area contributed by atoms with E-state index in [2.05, 4.69) is 9.97 Å². The molecular weight excluding hydrogens is 265 g/mol. The van der Waals surface area contributed by atoms with Gasteiger partial charge in [0.1, 0.15) is 15.9 Å². The number of anilines is 1. The molecule has 2 rings (SSSR count). The summed E-state index contributed by atoms with van der Waals surface area (Å²) in [6.45, 7) is 0. The summed E-state index contributed by atoms with van der Waals surface area (Å²) in [6, 6.07) is 7.18. The Morgan fingerprint density at radius 2 is 2.00 bits per heavy atom. The Balaban J connectivity index is 2.32. The summed E-state index contributed by atoms with van der Waals surface area (Å²) in [4.78, 5) is 8.26. The van der Waals surface area contributed by atoms with Crippen molar-refractivity contribution in [2.75, 3.05) is 5.73 Å². The highest BCUT2D eigenvalue weighted by molar-refractivity contribution is 7.99. The summed E-state index contributed by atoms with van der Waals surface area (Å²) in [6.07, 6.45) is 1.70. The van der Waals surface area contributed by atoms with Crippen molar-refractivity contribution in [3.8, 4) is 0 Å². The zero-order valence-corrected chi connectivity index (χ0v) is 10.4. The number of nitrogens with zero attached hydrogens (tertiary/aromatic N) is 2. The van der Waals surface area contributed by atoms with Crippen LogP contribution in [0.5, 0.6) is 0 Å². The lowest BCUT2D eigenvalue weighted by atomic mass is 10.5. The first-order chi connectivity index (χ1) is 7.66. The summed E-state index contributed by atoms with van der Waals surface area (Å²) >= 11 is 13.1. The highest BCUT2D eigenvalue weighted by Gasteiger charge is 2.09. The summed E-state index contributed by atoms with van der Waals surface area (Å²) in [7, 11) is 0. The van der Waals surface area contributed by atoms with E-state index in [0.717, 1.165) is 5.03 Å². The molecule has 0 aliphatic heterocycles. The number of hydrogen-bond donors (Lipinski definition) is 1. The molecule has 3 nitrogen and oxygen atoms in total. The number of rotatable bonds is 2. The Morgan fingerprint density at radius 1 is 1.19 bits per heavy atom. The average molecular weight is 272 g/mol. The van der Waals surface area contributed by atoms with Crippen molar-refractivity contribution in [2.45, 2.75) is 10.1 Å². The fourth-order valence-electron chi connectivity index (χ4n) is 1.04. The molecule has 0 radical (unpaired) electrons. The Hall–Kier alpha value is -0.970. The molecule has 0 spiro atoms. The molecule has 0 aliphatic rings. The van der Waals surface area contributed by atoms with E-state index >= 15 is 0 Å². The minimum Gasteiger partial charge on any atom is -0.382 e. The Labute approximate surface area is 107 Å². The van der Waals surface area contributed by atoms with Gasteiger partial charge in [-0.2, -0.15) is 0 Å². The first kappa shape index (κ1) is 11.5. The second-order valence-electron chi connectivity index (χ2n) is 2.91. The highest BCUT2D eigenvalue weighted by Crippen LogP contribution is 2.33. The first-order valence-corrected chi connectivity index (χ1v) is 5.94. The molecule has 0 saturated carbocycles. The fourth-order valence-corrected chi connectivity index (χ4v) is 2.27. The molecule has 2 aromatic rings. The zero-order valence-electron chi connectivity index (χ0n) is 8.02. The van der Waals surface area contributed by atoms with Crippen molar-refractivity contribution in [3.05, 3.63) is 40.5 Å². The Bertz CT molecular complexity index is 505. The van der Waals surface area contributed by atoms with E-state index in [1.54, 1.807) is 12.3 Å². The van der Waals surface area contributed by atoms with Gasteiger partial charge in [-0.15, -0.1) is 0 Å². The maximum atomic E-state index is 6.00. The van der Waals surface area contributed by atoms with Gasteiger partial charge in [0.25, 0.3) is 0 Å². The third kappa shape index (κ3) is 2.58. The van der Waals surface area contributed by atoms with Crippen LogP contribution in [-0.2, 0) is 0 Å². The quantitative estimate of drug-likeness (QED) is 0.908. The van der Waals surface area contributed by atoms with Crippen LogP contribution in [0.4, 0.5) is 5.82 Å². The van der Waals surface area contributed by atoms with Gasteiger partial charge in [-0.05, 0) is 30.0 Å². The van der Waals surface area contributed by atoms with Gasteiger partial charge in [-0.25, -0.2) is 9.97 Å². The van der Waals surface area contributed by atoms with Crippen molar-refractivity contribution >= 4 is 40.8 Å². The van der Waals surface area contributed by atoms with Gasteiger partial charge in [0, 0.05) is 6.20 Å². The molecule has 0 aromatic carbocycles. The Kier molecular flexibility index (Phi) is 3.53. The number of pyridine rings is 2. The summed E-state index contributed by atoms with van der Waals surface area (Å²) in [5, 5.41) is 2.23. The van der Waals surface area contributed by atoms with Crippen LogP contribution in [0.3, 0.4) is 0 Å². The number of nitrogen functional groups attached to an aromatic ring is 1. The largest absolute Gasteiger partial charge is 0.382 e. The predicted molar refractivity (Wildman–Crippen MR) is 67.0 cm³/mol. The summed E-state index contributed by atoms with van der Waals surface area (Å²) < 4.78 is 0. The molecule has 0 atom stereocenters. The molecule has 2 N–H and O–H groups in total. The molecule has 16 heavy (non-hydrogen) atoms. The van der Waals surface area contributed by atoms with Crippen LogP contribution in [0.15, 0.2) is 40.5 Å². The molecule has 0 saturated heterocycles. The van der Waals surface area contributed by atoms with E-state index < -0.39 is 0 Å². The van der Waals surface area contributed by atoms with Crippen LogP contribution < -0.4 is 5.73 Å². The molecule has 0 bridgehead atoms. The van der Waals surface area contributed by atoms with Gasteiger partial charge in [-0.1, -0.05) is 29.3 Å². The second kappa shape index (κ2) is 4.91. The van der Waals surface area contributed by atoms with Gasteiger partial charge in [0.05, 0.1) is 10.0 Å². The standard InChI is InChI=1S/C10H7Cl2N3S/c11-6-5-7(12)10(15-9(6)13)16-8-3-1-2-4-14-8/h1-5H,(H2,13,15). The monoisotopic (exact) mass is 271 g/mol. The summed E-state index contributed by atoms with van der Waals surface area (Å²) in [5.74, 6) is 0.268. The molecule has 82 valence electrons. The van der Waals surface area contributed by atoms with E-state index in [4.69, 9.17) is 28.9 Å². The van der Waals surface area contributed by atoms with Gasteiger partial charge in [0.15, 0.2) is 0 Å². The fraction of sp³-hybridized carbons (Fsp3) is 0. The molecule has 2 aromatic heterocycles. The highest BCUT2D eigenvalue weighted by atomic mass is 35.5. The lowest BCUT2D eigenvalue weighted by Crippen LogP contribution is -1.93. The van der Waals surface area contributed by atoms with Crippen molar-refractivity contribution in [2.24, 2.45) is 0 Å². The molecule has 0 fully saturated rings. The van der Waals surface area contributed by atoms with Crippen LogP contribution in [0.25, 0.3) is 0 Å². The van der Waals surface area contributed by atoms with Crippen molar-refractivity contribution in [1.82, 2.24) is 9.97 Å². The molecule has 0 unspecified atom stereocenters. The lowest BCUT2D eigenvalue weighted by Gasteiger charge is -2.04. The van der Waals surface area contributed by atoms with Gasteiger partial charge < -0.3 is 5.73 Å². The van der Waals surface area contributed by atoms with Crippen LogP contribution in [0.2, 0.25) is 10.0 Å².